The normalized spacial score (nSPS) is 16.4. The number of anilines is 2. The number of hydrogen-bond acceptors (Lipinski definition) is 7. The summed E-state index contributed by atoms with van der Waals surface area (Å²) in [6, 6.07) is 14.7. The highest BCUT2D eigenvalue weighted by atomic mass is 32.1. The highest BCUT2D eigenvalue weighted by Crippen LogP contribution is 2.32. The molecule has 2 aliphatic heterocycles. The van der Waals surface area contributed by atoms with Crippen LogP contribution in [-0.2, 0) is 20.7 Å². The van der Waals surface area contributed by atoms with Gasteiger partial charge in [0.2, 0.25) is 5.91 Å². The van der Waals surface area contributed by atoms with Crippen LogP contribution in [0.25, 0.3) is 10.1 Å². The number of thiophene rings is 1. The van der Waals surface area contributed by atoms with Crippen molar-refractivity contribution in [1.29, 1.82) is 0 Å². The number of hydrogen-bond donors (Lipinski definition) is 0. The van der Waals surface area contributed by atoms with Gasteiger partial charge in [-0.1, -0.05) is 12.1 Å². The lowest BCUT2D eigenvalue weighted by Crippen LogP contribution is -2.46. The van der Waals surface area contributed by atoms with Crippen LogP contribution >= 0.6 is 11.3 Å². The summed E-state index contributed by atoms with van der Waals surface area (Å²) in [7, 11) is 0. The minimum absolute atomic E-state index is 0.0383. The van der Waals surface area contributed by atoms with Crippen LogP contribution in [0.15, 0.2) is 47.8 Å². The summed E-state index contributed by atoms with van der Waals surface area (Å²) in [6.45, 7) is 6.30. The number of amides is 1. The minimum atomic E-state index is -0.0611. The molecule has 2 aromatic carbocycles. The first-order chi connectivity index (χ1) is 17.2. The maximum absolute atomic E-state index is 12.3. The molecule has 0 bridgehead atoms. The Morgan fingerprint density at radius 1 is 0.971 bits per heavy atom. The van der Waals surface area contributed by atoms with E-state index in [-0.39, 0.29) is 12.6 Å². The van der Waals surface area contributed by atoms with Crippen molar-refractivity contribution in [1.82, 2.24) is 4.90 Å². The zero-order valence-corrected chi connectivity index (χ0v) is 20.7. The molecule has 184 valence electrons. The Hall–Kier alpha value is -3.10. The fourth-order valence-electron chi connectivity index (χ4n) is 4.95. The second kappa shape index (κ2) is 11.1. The van der Waals surface area contributed by atoms with Crippen LogP contribution < -0.4 is 14.5 Å². The molecule has 0 unspecified atom stereocenters. The predicted molar refractivity (Wildman–Crippen MR) is 139 cm³/mol. The lowest BCUT2D eigenvalue weighted by atomic mass is 10.0. The SMILES string of the molecule is O=COCN1C(=O)CCc2ccc(OCCCCN3CCN(c4cccc5sccc45)CC3)cc21. The van der Waals surface area contributed by atoms with E-state index < -0.39 is 0 Å². The van der Waals surface area contributed by atoms with E-state index >= 15 is 0 Å². The van der Waals surface area contributed by atoms with Crippen molar-refractivity contribution in [2.24, 2.45) is 0 Å². The first-order valence-corrected chi connectivity index (χ1v) is 13.2. The summed E-state index contributed by atoms with van der Waals surface area (Å²) in [6.07, 6.45) is 3.18. The van der Waals surface area contributed by atoms with Crippen molar-refractivity contribution >= 4 is 45.2 Å². The number of carbonyl (C=O) groups is 2. The Kier molecular flexibility index (Phi) is 7.49. The van der Waals surface area contributed by atoms with Gasteiger partial charge in [0.15, 0.2) is 6.73 Å². The first-order valence-electron chi connectivity index (χ1n) is 12.3. The summed E-state index contributed by atoms with van der Waals surface area (Å²) < 4.78 is 12.2. The van der Waals surface area contributed by atoms with Crippen LogP contribution in [0.5, 0.6) is 5.75 Å². The minimum Gasteiger partial charge on any atom is -0.494 e. The number of carbonyl (C=O) groups excluding carboxylic acids is 2. The highest BCUT2D eigenvalue weighted by molar-refractivity contribution is 7.17. The van der Waals surface area contributed by atoms with Crippen molar-refractivity contribution in [3.05, 3.63) is 53.4 Å². The molecule has 0 aliphatic carbocycles. The molecule has 0 radical (unpaired) electrons. The van der Waals surface area contributed by atoms with Crippen molar-refractivity contribution in [2.45, 2.75) is 25.7 Å². The van der Waals surface area contributed by atoms with Gasteiger partial charge in [0.1, 0.15) is 5.75 Å². The number of nitrogens with zero attached hydrogens (tertiary/aromatic N) is 3. The molecule has 1 amide bonds. The molecule has 2 aliphatic rings. The molecule has 3 heterocycles. The molecule has 0 spiro atoms. The van der Waals surface area contributed by atoms with Gasteiger partial charge in [0.25, 0.3) is 6.47 Å². The molecule has 1 saturated heterocycles. The third-order valence-corrected chi connectivity index (χ3v) is 7.73. The molecule has 5 rings (SSSR count). The second-order valence-electron chi connectivity index (χ2n) is 9.00. The fourth-order valence-corrected chi connectivity index (χ4v) is 5.75. The summed E-state index contributed by atoms with van der Waals surface area (Å²) in [5.74, 6) is 0.703. The van der Waals surface area contributed by atoms with Crippen LogP contribution in [0.1, 0.15) is 24.8 Å². The molecule has 8 heteroatoms. The zero-order chi connectivity index (χ0) is 24.0. The van der Waals surface area contributed by atoms with Crippen molar-refractivity contribution in [3.8, 4) is 5.75 Å². The van der Waals surface area contributed by atoms with E-state index in [0.717, 1.165) is 62.6 Å². The quantitative estimate of drug-likeness (QED) is 0.310. The average molecular weight is 494 g/mol. The Labute approximate surface area is 209 Å². The van der Waals surface area contributed by atoms with E-state index in [1.807, 2.05) is 18.2 Å². The van der Waals surface area contributed by atoms with Gasteiger partial charge in [-0.3, -0.25) is 19.4 Å². The maximum Gasteiger partial charge on any atom is 0.294 e. The molecular weight excluding hydrogens is 462 g/mol. The van der Waals surface area contributed by atoms with Gasteiger partial charge in [-0.2, -0.15) is 0 Å². The molecule has 0 atom stereocenters. The monoisotopic (exact) mass is 493 g/mol. The molecule has 0 saturated carbocycles. The Bertz CT molecular complexity index is 1170. The summed E-state index contributed by atoms with van der Waals surface area (Å²) >= 11 is 1.81. The number of unbranched alkanes of at least 4 members (excludes halogenated alkanes) is 1. The number of aryl methyl sites for hydroxylation is 1. The van der Waals surface area contributed by atoms with Gasteiger partial charge in [0, 0.05) is 54.4 Å². The highest BCUT2D eigenvalue weighted by Gasteiger charge is 2.25. The lowest BCUT2D eigenvalue weighted by molar-refractivity contribution is -0.130. The number of piperazine rings is 1. The topological polar surface area (TPSA) is 62.3 Å². The Morgan fingerprint density at radius 3 is 2.71 bits per heavy atom. The number of benzene rings is 2. The molecule has 7 nitrogen and oxygen atoms in total. The number of ether oxygens (including phenoxy) is 2. The van der Waals surface area contributed by atoms with E-state index in [1.54, 1.807) is 11.3 Å². The third kappa shape index (κ3) is 5.44. The molecule has 3 aromatic rings. The van der Waals surface area contributed by atoms with E-state index in [1.165, 1.54) is 20.7 Å². The Morgan fingerprint density at radius 2 is 1.86 bits per heavy atom. The van der Waals surface area contributed by atoms with Crippen molar-refractivity contribution < 1.29 is 19.1 Å². The number of rotatable bonds is 10. The van der Waals surface area contributed by atoms with E-state index in [9.17, 15) is 9.59 Å². The number of fused-ring (bicyclic) bond motifs is 2. The second-order valence-corrected chi connectivity index (χ2v) is 9.95. The Balaban J connectivity index is 1.05. The zero-order valence-electron chi connectivity index (χ0n) is 19.9. The van der Waals surface area contributed by atoms with Crippen LogP contribution in [-0.4, -0.2) is 63.3 Å². The predicted octanol–water partition coefficient (Wildman–Crippen LogP) is 4.29. The van der Waals surface area contributed by atoms with E-state index in [4.69, 9.17) is 9.47 Å². The maximum atomic E-state index is 12.3. The summed E-state index contributed by atoms with van der Waals surface area (Å²) in [5.41, 5.74) is 3.21. The van der Waals surface area contributed by atoms with E-state index in [0.29, 0.717) is 25.9 Å². The van der Waals surface area contributed by atoms with Gasteiger partial charge < -0.3 is 14.4 Å². The van der Waals surface area contributed by atoms with Crippen LogP contribution in [0.2, 0.25) is 0 Å². The van der Waals surface area contributed by atoms with Crippen LogP contribution in [0, 0.1) is 0 Å². The van der Waals surface area contributed by atoms with Gasteiger partial charge >= 0.3 is 0 Å². The summed E-state index contributed by atoms with van der Waals surface area (Å²) in [4.78, 5) is 29.4. The smallest absolute Gasteiger partial charge is 0.294 e. The van der Waals surface area contributed by atoms with Gasteiger partial charge in [-0.25, -0.2) is 0 Å². The van der Waals surface area contributed by atoms with Gasteiger partial charge in [-0.15, -0.1) is 11.3 Å². The van der Waals surface area contributed by atoms with Crippen molar-refractivity contribution in [3.63, 3.8) is 0 Å². The summed E-state index contributed by atoms with van der Waals surface area (Å²) in [5, 5.41) is 3.54. The molecule has 0 N–H and O–H groups in total. The van der Waals surface area contributed by atoms with Crippen molar-refractivity contribution in [2.75, 3.05) is 55.9 Å². The average Bonchev–Trinajstić information content (AvgIpc) is 3.38. The standard InChI is InChI=1S/C27H31N3O4S/c31-20-33-19-30-25-18-22(8-6-21(25)7-9-27(30)32)34-16-2-1-11-28-12-14-29(15-13-28)24-4-3-5-26-23(24)10-17-35-26/h3-6,8,10,17-18,20H,1-2,7,9,11-16,19H2. The third-order valence-electron chi connectivity index (χ3n) is 6.85. The fraction of sp³-hybridized carbons (Fsp3) is 0.407. The first kappa shape index (κ1) is 23.6. The largest absolute Gasteiger partial charge is 0.494 e. The van der Waals surface area contributed by atoms with Gasteiger partial charge in [0.05, 0.1) is 12.3 Å². The van der Waals surface area contributed by atoms with Crippen LogP contribution in [0.3, 0.4) is 0 Å². The van der Waals surface area contributed by atoms with Gasteiger partial charge in [-0.05, 0) is 61.0 Å². The van der Waals surface area contributed by atoms with Crippen LogP contribution in [0.4, 0.5) is 11.4 Å². The lowest BCUT2D eigenvalue weighted by Gasteiger charge is -2.36. The molecular formula is C27H31N3O4S. The molecule has 1 aromatic heterocycles. The van der Waals surface area contributed by atoms with E-state index in [2.05, 4.69) is 39.4 Å². The molecule has 1 fully saturated rings. The molecule has 35 heavy (non-hydrogen) atoms.